The Hall–Kier alpha value is -2.57. The van der Waals surface area contributed by atoms with Crippen LogP contribution in [-0.2, 0) is 24.4 Å². The highest BCUT2D eigenvalue weighted by molar-refractivity contribution is 6.62. The number of ether oxygens (including phenoxy) is 1. The summed E-state index contributed by atoms with van der Waals surface area (Å²) in [7, 11) is -0.602. The number of rotatable bonds is 7. The molecule has 0 saturated carbocycles. The summed E-state index contributed by atoms with van der Waals surface area (Å²) in [5.41, 5.74) is -2.52. The second kappa shape index (κ2) is 9.88. The molecule has 0 bridgehead atoms. The Labute approximate surface area is 228 Å². The average Bonchev–Trinajstić information content (AvgIpc) is 3.34. The van der Waals surface area contributed by atoms with E-state index in [1.165, 1.54) is 4.68 Å². The summed E-state index contributed by atoms with van der Waals surface area (Å²) in [6.07, 6.45) is 3.35. The Kier molecular flexibility index (Phi) is 7.79. The Morgan fingerprint density at radius 1 is 1.18 bits per heavy atom. The molecule has 38 heavy (non-hydrogen) atoms. The minimum absolute atomic E-state index is 0.0689. The molecule has 3 rings (SSSR count). The van der Waals surface area contributed by atoms with Crippen molar-refractivity contribution < 1.29 is 18.8 Å². The smallest absolute Gasteiger partial charge is 0.456 e. The summed E-state index contributed by atoms with van der Waals surface area (Å²) in [4.78, 5) is 33.4. The topological polar surface area (TPSA) is 139 Å². The lowest BCUT2D eigenvalue weighted by atomic mass is 9.82. The van der Waals surface area contributed by atoms with E-state index < -0.39 is 47.0 Å². The summed E-state index contributed by atoms with van der Waals surface area (Å²) >= 11 is 6.29. The second-order valence-corrected chi connectivity index (χ2v) is 12.5. The Bertz CT molecular complexity index is 1320. The Morgan fingerprint density at radius 2 is 1.74 bits per heavy atom. The lowest BCUT2D eigenvalue weighted by molar-refractivity contribution is -0.168. The fourth-order valence-electron chi connectivity index (χ4n) is 3.77. The number of halogens is 1. The Morgan fingerprint density at radius 3 is 2.26 bits per heavy atom. The van der Waals surface area contributed by atoms with Crippen molar-refractivity contribution in [3.8, 4) is 0 Å². The predicted molar refractivity (Wildman–Crippen MR) is 147 cm³/mol. The minimum Gasteiger partial charge on any atom is -0.456 e. The van der Waals surface area contributed by atoms with Gasteiger partial charge in [-0.3, -0.25) is 9.48 Å². The number of nitrogens with two attached hydrogens (primary N) is 1. The first kappa shape index (κ1) is 30.0. The van der Waals surface area contributed by atoms with Crippen LogP contribution in [0.5, 0.6) is 0 Å². The molecule has 1 aliphatic heterocycles. The molecule has 11 nitrogen and oxygen atoms in total. The lowest BCUT2D eigenvalue weighted by Gasteiger charge is -2.33. The van der Waals surface area contributed by atoms with Crippen LogP contribution >= 0.6 is 11.6 Å². The molecule has 1 aliphatic rings. The summed E-state index contributed by atoms with van der Waals surface area (Å²) in [6, 6.07) is -0.591. The monoisotopic (exact) mass is 550 g/mol. The van der Waals surface area contributed by atoms with Crippen LogP contribution in [0, 0.1) is 0 Å². The zero-order chi connectivity index (χ0) is 29.0. The minimum atomic E-state index is -1.15. The predicted octanol–water partition coefficient (Wildman–Crippen LogP) is 2.21. The number of carbonyl (C=O) groups is 1. The van der Waals surface area contributed by atoms with Gasteiger partial charge in [-0.15, -0.1) is 0 Å². The van der Waals surface area contributed by atoms with Gasteiger partial charge >= 0.3 is 13.1 Å². The largest absolute Gasteiger partial charge is 0.498 e. The number of esters is 1. The number of nitrogen functional groups attached to an aromatic ring is 1. The average molecular weight is 551 g/mol. The number of aromatic amines is 1. The van der Waals surface area contributed by atoms with Gasteiger partial charge in [-0.1, -0.05) is 25.4 Å². The fourth-order valence-corrected chi connectivity index (χ4v) is 4.15. The number of H-pyrrole nitrogens is 1. The van der Waals surface area contributed by atoms with Gasteiger partial charge in [0.2, 0.25) is 5.62 Å². The van der Waals surface area contributed by atoms with Crippen molar-refractivity contribution >= 4 is 30.2 Å². The standard InChI is InChI=1S/C25H40BClN6O5/c1-14(2)17-18(27)31-21(33(28)19(17)34)30-15(3)23(6,7)36-20(35)22(4,5)32-13-16(12-29-32)26-37-24(8,9)25(10,11)38-26/h12-15H,28H2,1-11H3,(H,30,31). The van der Waals surface area contributed by atoms with Gasteiger partial charge in [0, 0.05) is 17.9 Å². The first-order valence-corrected chi connectivity index (χ1v) is 13.1. The van der Waals surface area contributed by atoms with Gasteiger partial charge in [-0.2, -0.15) is 9.77 Å². The van der Waals surface area contributed by atoms with E-state index in [4.69, 9.17) is 31.5 Å². The first-order valence-electron chi connectivity index (χ1n) is 12.7. The van der Waals surface area contributed by atoms with Crippen LogP contribution in [0.2, 0.25) is 5.15 Å². The zero-order valence-electron chi connectivity index (χ0n) is 24.2. The maximum atomic E-state index is 13.4. The highest BCUT2D eigenvalue weighted by atomic mass is 35.5. The number of hydrogen-bond donors (Lipinski definition) is 2. The van der Waals surface area contributed by atoms with Crippen LogP contribution in [0.1, 0.15) is 87.6 Å². The van der Waals surface area contributed by atoms with Crippen molar-refractivity contribution in [1.29, 1.82) is 0 Å². The molecule has 0 aromatic carbocycles. The number of nitrogens with one attached hydrogen (secondary N) is 1. The van der Waals surface area contributed by atoms with E-state index in [2.05, 4.69) is 15.1 Å². The van der Waals surface area contributed by atoms with Crippen LogP contribution in [0.3, 0.4) is 0 Å². The van der Waals surface area contributed by atoms with Gasteiger partial charge in [-0.05, 0) is 68.2 Å². The molecule has 1 fully saturated rings. The SMILES string of the molecule is CC(C)c1c(Cl)[nH]/c(=N/C(C)C(C)(C)OC(=O)C(C)(C)n2cc(B3OC(C)(C)C(C)(C)O3)cn2)n(N)c1=O. The van der Waals surface area contributed by atoms with Gasteiger partial charge in [0.25, 0.3) is 5.56 Å². The third-order valence-corrected chi connectivity index (χ3v) is 7.89. The van der Waals surface area contributed by atoms with Crippen molar-refractivity contribution in [2.45, 2.75) is 110 Å². The second-order valence-electron chi connectivity index (χ2n) is 12.2. The summed E-state index contributed by atoms with van der Waals surface area (Å²) in [5, 5.41) is 4.57. The molecule has 0 amide bonds. The van der Waals surface area contributed by atoms with E-state index in [-0.39, 0.29) is 16.7 Å². The van der Waals surface area contributed by atoms with Crippen LogP contribution in [0.15, 0.2) is 22.2 Å². The number of aromatic nitrogens is 4. The number of hydrogen-bond acceptors (Lipinski definition) is 8. The van der Waals surface area contributed by atoms with E-state index in [9.17, 15) is 9.59 Å². The van der Waals surface area contributed by atoms with Gasteiger partial charge in [-0.25, -0.2) is 9.79 Å². The van der Waals surface area contributed by atoms with Gasteiger partial charge in [0.1, 0.15) is 10.8 Å². The van der Waals surface area contributed by atoms with Crippen LogP contribution in [0.25, 0.3) is 0 Å². The van der Waals surface area contributed by atoms with Gasteiger partial charge in [0.05, 0.1) is 22.8 Å². The molecule has 210 valence electrons. The molecule has 3 heterocycles. The summed E-state index contributed by atoms with van der Waals surface area (Å²) in [5.74, 6) is 5.35. The maximum Gasteiger partial charge on any atom is 0.498 e. The van der Waals surface area contributed by atoms with E-state index in [1.807, 2.05) is 41.5 Å². The van der Waals surface area contributed by atoms with Crippen molar-refractivity contribution in [3.63, 3.8) is 0 Å². The van der Waals surface area contributed by atoms with E-state index >= 15 is 0 Å². The lowest BCUT2D eigenvalue weighted by Crippen LogP contribution is -2.48. The molecular weight excluding hydrogens is 511 g/mol. The van der Waals surface area contributed by atoms with Crippen LogP contribution in [-0.4, -0.2) is 55.4 Å². The molecular formula is C25H40BClN6O5. The highest BCUT2D eigenvalue weighted by Crippen LogP contribution is 2.36. The molecule has 0 aliphatic carbocycles. The number of nitrogens with zero attached hydrogens (tertiary/aromatic N) is 4. The Balaban J connectivity index is 1.82. The molecule has 0 radical (unpaired) electrons. The summed E-state index contributed by atoms with van der Waals surface area (Å²) in [6.45, 7) is 20.2. The van der Waals surface area contributed by atoms with Crippen molar-refractivity contribution in [2.75, 3.05) is 5.84 Å². The molecule has 2 aromatic heterocycles. The molecule has 1 saturated heterocycles. The van der Waals surface area contributed by atoms with Crippen molar-refractivity contribution in [3.05, 3.63) is 39.1 Å². The number of carbonyl (C=O) groups excluding carboxylic acids is 1. The van der Waals surface area contributed by atoms with Crippen molar-refractivity contribution in [1.82, 2.24) is 19.4 Å². The van der Waals surface area contributed by atoms with E-state index in [0.29, 0.717) is 11.0 Å². The molecule has 2 aromatic rings. The van der Waals surface area contributed by atoms with Gasteiger partial charge in [0.15, 0.2) is 5.54 Å². The van der Waals surface area contributed by atoms with E-state index in [1.54, 1.807) is 47.0 Å². The van der Waals surface area contributed by atoms with Gasteiger partial charge < -0.3 is 24.9 Å². The molecule has 3 N–H and O–H groups in total. The molecule has 0 spiro atoms. The van der Waals surface area contributed by atoms with E-state index in [0.717, 1.165) is 4.68 Å². The normalized spacial score (nSPS) is 18.8. The maximum absolute atomic E-state index is 13.4. The highest BCUT2D eigenvalue weighted by Gasteiger charge is 2.52. The molecule has 1 unspecified atom stereocenters. The summed E-state index contributed by atoms with van der Waals surface area (Å²) < 4.78 is 20.6. The fraction of sp³-hybridized carbons (Fsp3) is 0.680. The van der Waals surface area contributed by atoms with Crippen LogP contribution < -0.4 is 22.5 Å². The third kappa shape index (κ3) is 5.44. The molecule has 1 atom stereocenters. The molecule has 13 heteroatoms. The quantitative estimate of drug-likeness (QED) is 0.233. The van der Waals surface area contributed by atoms with Crippen LogP contribution in [0.4, 0.5) is 0 Å². The zero-order valence-corrected chi connectivity index (χ0v) is 24.9. The third-order valence-electron chi connectivity index (χ3n) is 7.59. The first-order chi connectivity index (χ1) is 17.2. The van der Waals surface area contributed by atoms with Crippen molar-refractivity contribution in [2.24, 2.45) is 4.99 Å².